The molecule has 0 unspecified atom stereocenters. The van der Waals surface area contributed by atoms with Crippen molar-refractivity contribution in [3.05, 3.63) is 83.5 Å². The van der Waals surface area contributed by atoms with Gasteiger partial charge in [0, 0.05) is 36.8 Å². The molecule has 0 saturated carbocycles. The van der Waals surface area contributed by atoms with Crippen LogP contribution in [0.1, 0.15) is 24.5 Å². The van der Waals surface area contributed by atoms with E-state index in [9.17, 15) is 9.59 Å². The van der Waals surface area contributed by atoms with Crippen LogP contribution in [0.3, 0.4) is 0 Å². The number of hydrogen-bond donors (Lipinski definition) is 2. The molecule has 0 spiro atoms. The summed E-state index contributed by atoms with van der Waals surface area (Å²) in [5.41, 5.74) is 4.93. The molecule has 2 aromatic heterocycles. The number of nitrogens with zero attached hydrogens (tertiary/aromatic N) is 3. The van der Waals surface area contributed by atoms with Crippen LogP contribution in [0.4, 0.5) is 5.13 Å². The minimum absolute atomic E-state index is 0.0000665. The molecule has 0 bridgehead atoms. The standard InChI is InChI=1S/C25H25N5O2S/c1-18(31)26-13-2-4-19-5-9-21(10-6-19)23-17-33-25(28-23)29-24(32)16-20-7-11-22(12-8-20)30-15-3-14-27-30/h3,5-12,14-15,17H,2,4,13,16H2,1H3,(H,26,31)(H,28,29,32). The van der Waals surface area contributed by atoms with Gasteiger partial charge in [-0.25, -0.2) is 9.67 Å². The van der Waals surface area contributed by atoms with Crippen LogP contribution in [-0.2, 0) is 22.4 Å². The zero-order valence-corrected chi connectivity index (χ0v) is 19.1. The molecule has 2 amide bonds. The van der Waals surface area contributed by atoms with E-state index in [1.165, 1.54) is 23.8 Å². The fourth-order valence-electron chi connectivity index (χ4n) is 3.40. The molecular formula is C25H25N5O2S. The van der Waals surface area contributed by atoms with Crippen LogP contribution in [0.2, 0.25) is 0 Å². The van der Waals surface area contributed by atoms with E-state index in [4.69, 9.17) is 0 Å². The van der Waals surface area contributed by atoms with E-state index < -0.39 is 0 Å². The zero-order chi connectivity index (χ0) is 23.0. The molecule has 2 aromatic carbocycles. The van der Waals surface area contributed by atoms with Gasteiger partial charge in [0.2, 0.25) is 11.8 Å². The molecule has 0 atom stereocenters. The molecule has 8 heteroatoms. The number of anilines is 1. The normalized spacial score (nSPS) is 10.7. The van der Waals surface area contributed by atoms with Crippen LogP contribution >= 0.6 is 11.3 Å². The first-order chi connectivity index (χ1) is 16.1. The van der Waals surface area contributed by atoms with Gasteiger partial charge >= 0.3 is 0 Å². The average molecular weight is 460 g/mol. The first kappa shape index (κ1) is 22.4. The molecular weight excluding hydrogens is 434 g/mol. The summed E-state index contributed by atoms with van der Waals surface area (Å²) < 4.78 is 1.78. The topological polar surface area (TPSA) is 88.9 Å². The first-order valence-corrected chi connectivity index (χ1v) is 11.6. The van der Waals surface area contributed by atoms with Gasteiger partial charge in [0.25, 0.3) is 0 Å². The number of rotatable bonds is 9. The van der Waals surface area contributed by atoms with Gasteiger partial charge in [0.15, 0.2) is 5.13 Å². The summed E-state index contributed by atoms with van der Waals surface area (Å²) >= 11 is 1.41. The van der Waals surface area contributed by atoms with E-state index >= 15 is 0 Å². The van der Waals surface area contributed by atoms with Crippen LogP contribution in [0, 0.1) is 0 Å². The number of hydrogen-bond acceptors (Lipinski definition) is 5. The molecule has 0 aliphatic heterocycles. The van der Waals surface area contributed by atoms with Gasteiger partial charge < -0.3 is 10.6 Å². The second kappa shape index (κ2) is 10.7. The molecule has 168 valence electrons. The lowest BCUT2D eigenvalue weighted by Gasteiger charge is -2.05. The SMILES string of the molecule is CC(=O)NCCCc1ccc(-c2csc(NC(=O)Cc3ccc(-n4cccn4)cc3)n2)cc1. The van der Waals surface area contributed by atoms with Crippen LogP contribution in [0.25, 0.3) is 16.9 Å². The molecule has 0 radical (unpaired) electrons. The van der Waals surface area contributed by atoms with Gasteiger partial charge in [0.05, 0.1) is 17.8 Å². The van der Waals surface area contributed by atoms with Crippen molar-refractivity contribution >= 4 is 28.3 Å². The number of aryl methyl sites for hydroxylation is 1. The highest BCUT2D eigenvalue weighted by Gasteiger charge is 2.09. The Bertz CT molecular complexity index is 1200. The maximum atomic E-state index is 12.5. The van der Waals surface area contributed by atoms with E-state index in [0.717, 1.165) is 35.3 Å². The van der Waals surface area contributed by atoms with Gasteiger partial charge in [-0.3, -0.25) is 9.59 Å². The highest BCUT2D eigenvalue weighted by atomic mass is 32.1. The summed E-state index contributed by atoms with van der Waals surface area (Å²) in [5.74, 6) is -0.0997. The van der Waals surface area contributed by atoms with E-state index in [-0.39, 0.29) is 18.2 Å². The summed E-state index contributed by atoms with van der Waals surface area (Å²) in [6.45, 7) is 2.21. The molecule has 0 saturated heterocycles. The quantitative estimate of drug-likeness (QED) is 0.366. The highest BCUT2D eigenvalue weighted by Crippen LogP contribution is 2.25. The number of nitrogens with one attached hydrogen (secondary N) is 2. The van der Waals surface area contributed by atoms with E-state index in [1.54, 1.807) is 10.9 Å². The van der Waals surface area contributed by atoms with Crippen molar-refractivity contribution in [2.75, 3.05) is 11.9 Å². The summed E-state index contributed by atoms with van der Waals surface area (Å²) in [6, 6.07) is 17.9. The minimum Gasteiger partial charge on any atom is -0.356 e. The summed E-state index contributed by atoms with van der Waals surface area (Å²) in [4.78, 5) is 28.0. The van der Waals surface area contributed by atoms with E-state index in [1.807, 2.05) is 54.0 Å². The molecule has 2 heterocycles. The first-order valence-electron chi connectivity index (χ1n) is 10.7. The second-order valence-corrected chi connectivity index (χ2v) is 8.52. The third-order valence-electron chi connectivity index (χ3n) is 5.09. The Hall–Kier alpha value is -3.78. The Morgan fingerprint density at radius 3 is 2.48 bits per heavy atom. The molecule has 4 rings (SSSR count). The third-order valence-corrected chi connectivity index (χ3v) is 5.84. The van der Waals surface area contributed by atoms with Crippen LogP contribution in [-0.4, -0.2) is 33.1 Å². The van der Waals surface area contributed by atoms with Gasteiger partial charge in [-0.05, 0) is 42.2 Å². The lowest BCUT2D eigenvalue weighted by atomic mass is 10.1. The Morgan fingerprint density at radius 1 is 1.03 bits per heavy atom. The highest BCUT2D eigenvalue weighted by molar-refractivity contribution is 7.14. The van der Waals surface area contributed by atoms with E-state index in [2.05, 4.69) is 32.8 Å². The molecule has 0 aliphatic carbocycles. The van der Waals surface area contributed by atoms with E-state index in [0.29, 0.717) is 11.7 Å². The fourth-order valence-corrected chi connectivity index (χ4v) is 4.14. The molecule has 0 aliphatic rings. The third kappa shape index (κ3) is 6.36. The maximum absolute atomic E-state index is 12.5. The van der Waals surface area contributed by atoms with Crippen molar-refractivity contribution in [3.63, 3.8) is 0 Å². The zero-order valence-electron chi connectivity index (χ0n) is 18.3. The summed E-state index contributed by atoms with van der Waals surface area (Å²) in [5, 5.41) is 12.4. The molecule has 4 aromatic rings. The number of carbonyl (C=O) groups excluding carboxylic acids is 2. The van der Waals surface area contributed by atoms with Crippen LogP contribution < -0.4 is 10.6 Å². The monoisotopic (exact) mass is 459 g/mol. The largest absolute Gasteiger partial charge is 0.356 e. The maximum Gasteiger partial charge on any atom is 0.230 e. The van der Waals surface area contributed by atoms with Crippen molar-refractivity contribution in [2.24, 2.45) is 0 Å². The predicted octanol–water partition coefficient (Wildman–Crippen LogP) is 4.25. The van der Waals surface area contributed by atoms with Crippen molar-refractivity contribution < 1.29 is 9.59 Å². The second-order valence-electron chi connectivity index (χ2n) is 7.66. The fraction of sp³-hybridized carbons (Fsp3) is 0.200. The summed E-state index contributed by atoms with van der Waals surface area (Å²) in [7, 11) is 0. The molecule has 33 heavy (non-hydrogen) atoms. The van der Waals surface area contributed by atoms with Crippen LogP contribution in [0.15, 0.2) is 72.4 Å². The number of benzene rings is 2. The minimum atomic E-state index is -0.0998. The molecule has 2 N–H and O–H groups in total. The van der Waals surface area contributed by atoms with Crippen LogP contribution in [0.5, 0.6) is 0 Å². The predicted molar refractivity (Wildman–Crippen MR) is 130 cm³/mol. The Balaban J connectivity index is 1.29. The lowest BCUT2D eigenvalue weighted by molar-refractivity contribution is -0.119. The molecule has 7 nitrogen and oxygen atoms in total. The Morgan fingerprint density at radius 2 is 1.79 bits per heavy atom. The number of thiazole rings is 1. The van der Waals surface area contributed by atoms with Crippen molar-refractivity contribution in [3.8, 4) is 16.9 Å². The number of amides is 2. The van der Waals surface area contributed by atoms with Gasteiger partial charge in [0.1, 0.15) is 0 Å². The Labute approximate surface area is 196 Å². The van der Waals surface area contributed by atoms with Crippen molar-refractivity contribution in [1.29, 1.82) is 0 Å². The number of aromatic nitrogens is 3. The van der Waals surface area contributed by atoms with Gasteiger partial charge in [-0.2, -0.15) is 5.10 Å². The van der Waals surface area contributed by atoms with Gasteiger partial charge in [-0.1, -0.05) is 36.4 Å². The summed E-state index contributed by atoms with van der Waals surface area (Å²) in [6.07, 6.45) is 5.69. The van der Waals surface area contributed by atoms with Crippen molar-refractivity contribution in [2.45, 2.75) is 26.2 Å². The molecule has 0 fully saturated rings. The smallest absolute Gasteiger partial charge is 0.230 e. The number of carbonyl (C=O) groups is 2. The Kier molecular flexibility index (Phi) is 7.26. The average Bonchev–Trinajstić information content (AvgIpc) is 3.50. The van der Waals surface area contributed by atoms with Gasteiger partial charge in [-0.15, -0.1) is 11.3 Å². The lowest BCUT2D eigenvalue weighted by Crippen LogP contribution is -2.21. The van der Waals surface area contributed by atoms with Crippen molar-refractivity contribution in [1.82, 2.24) is 20.1 Å².